The van der Waals surface area contributed by atoms with E-state index in [1.807, 2.05) is 0 Å². The van der Waals surface area contributed by atoms with Crippen molar-refractivity contribution in [2.45, 2.75) is 18.9 Å². The van der Waals surface area contributed by atoms with Crippen molar-refractivity contribution in [1.29, 1.82) is 0 Å². The van der Waals surface area contributed by atoms with Crippen molar-refractivity contribution < 1.29 is 9.90 Å². The van der Waals surface area contributed by atoms with Crippen LogP contribution in [-0.2, 0) is 0 Å². The van der Waals surface area contributed by atoms with E-state index in [2.05, 4.69) is 17.3 Å². The maximum atomic E-state index is 10.8. The van der Waals surface area contributed by atoms with Crippen LogP contribution in [0.5, 0.6) is 0 Å². The summed E-state index contributed by atoms with van der Waals surface area (Å²) in [6, 6.07) is 5.50. The first-order valence-electron chi connectivity index (χ1n) is 6.05. The van der Waals surface area contributed by atoms with Crippen LogP contribution in [0, 0.1) is 0 Å². The lowest BCUT2D eigenvalue weighted by molar-refractivity contribution is 0.0697. The smallest absolute Gasteiger partial charge is 0.337 e. The zero-order chi connectivity index (χ0) is 13.1. The molecule has 1 atom stereocenters. The summed E-state index contributed by atoms with van der Waals surface area (Å²) in [6.07, 6.45) is 2.44. The first kappa shape index (κ1) is 13.2. The number of hydrogen-bond acceptors (Lipinski definition) is 3. The van der Waals surface area contributed by atoms with Gasteiger partial charge in [0.1, 0.15) is 0 Å². The van der Waals surface area contributed by atoms with Crippen molar-refractivity contribution in [2.75, 3.05) is 25.5 Å². The van der Waals surface area contributed by atoms with Gasteiger partial charge in [0.25, 0.3) is 0 Å². The Morgan fingerprint density at radius 1 is 1.61 bits per heavy atom. The number of benzene rings is 1. The summed E-state index contributed by atoms with van der Waals surface area (Å²) in [5.41, 5.74) is 1.01. The van der Waals surface area contributed by atoms with Gasteiger partial charge in [0.05, 0.1) is 10.6 Å². The summed E-state index contributed by atoms with van der Waals surface area (Å²) in [5.74, 6) is -0.998. The highest BCUT2D eigenvalue weighted by molar-refractivity contribution is 6.33. The molecule has 0 spiro atoms. The molecule has 0 aliphatic carbocycles. The maximum Gasteiger partial charge on any atom is 0.337 e. The van der Waals surface area contributed by atoms with Crippen LogP contribution in [0.4, 0.5) is 5.69 Å². The number of halogens is 1. The summed E-state index contributed by atoms with van der Waals surface area (Å²) in [5, 5.41) is 12.5. The molecule has 2 N–H and O–H groups in total. The molecule has 2 rings (SSSR count). The van der Waals surface area contributed by atoms with Crippen LogP contribution in [0.3, 0.4) is 0 Å². The lowest BCUT2D eigenvalue weighted by atomic mass is 10.2. The van der Waals surface area contributed by atoms with Crippen molar-refractivity contribution in [3.8, 4) is 0 Å². The molecule has 1 aromatic rings. The quantitative estimate of drug-likeness (QED) is 0.881. The number of anilines is 1. The maximum absolute atomic E-state index is 10.8. The normalized spacial score (nSPS) is 20.0. The zero-order valence-corrected chi connectivity index (χ0v) is 11.1. The number of carboxylic acids is 1. The molecule has 1 fully saturated rings. The van der Waals surface area contributed by atoms with Crippen molar-refractivity contribution in [1.82, 2.24) is 4.90 Å². The predicted octanol–water partition coefficient (Wildman–Crippen LogP) is 2.54. The van der Waals surface area contributed by atoms with Gasteiger partial charge in [-0.3, -0.25) is 0 Å². The van der Waals surface area contributed by atoms with Crippen LogP contribution in [-0.4, -0.2) is 42.2 Å². The van der Waals surface area contributed by atoms with E-state index in [1.54, 1.807) is 12.1 Å². The average molecular weight is 269 g/mol. The minimum absolute atomic E-state index is 0.139. The van der Waals surface area contributed by atoms with Crippen molar-refractivity contribution >= 4 is 23.3 Å². The molecule has 5 heteroatoms. The third kappa shape index (κ3) is 2.94. The fraction of sp³-hybridized carbons (Fsp3) is 0.462. The molecule has 1 aliphatic rings. The molecule has 1 aromatic carbocycles. The van der Waals surface area contributed by atoms with E-state index in [0.717, 1.165) is 18.8 Å². The summed E-state index contributed by atoms with van der Waals surface area (Å²) >= 11 is 5.92. The molecule has 0 amide bonds. The van der Waals surface area contributed by atoms with Crippen LogP contribution in [0.25, 0.3) is 0 Å². The molecular weight excluding hydrogens is 252 g/mol. The topological polar surface area (TPSA) is 52.6 Å². The molecule has 1 saturated heterocycles. The van der Waals surface area contributed by atoms with Gasteiger partial charge < -0.3 is 15.3 Å². The Morgan fingerprint density at radius 2 is 2.39 bits per heavy atom. The van der Waals surface area contributed by atoms with Crippen molar-refractivity contribution in [2.24, 2.45) is 0 Å². The lowest BCUT2D eigenvalue weighted by Crippen LogP contribution is -2.31. The second-order valence-corrected chi connectivity index (χ2v) is 5.06. The van der Waals surface area contributed by atoms with Gasteiger partial charge in [-0.1, -0.05) is 11.6 Å². The predicted molar refractivity (Wildman–Crippen MR) is 72.6 cm³/mol. The van der Waals surface area contributed by atoms with Crippen LogP contribution in [0.2, 0.25) is 5.02 Å². The Bertz CT molecular complexity index is 451. The summed E-state index contributed by atoms with van der Waals surface area (Å²) in [6.45, 7) is 2.00. The Hall–Kier alpha value is -1.26. The Morgan fingerprint density at radius 3 is 2.94 bits per heavy atom. The molecule has 98 valence electrons. The minimum Gasteiger partial charge on any atom is -0.478 e. The number of likely N-dealkylation sites (tertiary alicyclic amines) is 1. The van der Waals surface area contributed by atoms with E-state index in [9.17, 15) is 4.79 Å². The molecule has 18 heavy (non-hydrogen) atoms. The van der Waals surface area contributed by atoms with Crippen LogP contribution in [0.1, 0.15) is 23.2 Å². The number of rotatable bonds is 4. The van der Waals surface area contributed by atoms with E-state index >= 15 is 0 Å². The highest BCUT2D eigenvalue weighted by Crippen LogP contribution is 2.22. The third-order valence-corrected chi connectivity index (χ3v) is 3.73. The summed E-state index contributed by atoms with van der Waals surface area (Å²) in [7, 11) is 2.12. The second kappa shape index (κ2) is 5.59. The first-order chi connectivity index (χ1) is 8.58. The first-order valence-corrected chi connectivity index (χ1v) is 6.42. The number of aromatic carboxylic acids is 1. The molecule has 0 radical (unpaired) electrons. The van der Waals surface area contributed by atoms with Crippen LogP contribution in [0.15, 0.2) is 18.2 Å². The Labute approximate surface area is 112 Å². The molecule has 0 bridgehead atoms. The monoisotopic (exact) mass is 268 g/mol. The highest BCUT2D eigenvalue weighted by Gasteiger charge is 2.20. The number of carbonyl (C=O) groups is 1. The zero-order valence-electron chi connectivity index (χ0n) is 10.3. The van der Waals surface area contributed by atoms with Gasteiger partial charge in [-0.25, -0.2) is 4.79 Å². The number of nitrogens with zero attached hydrogens (tertiary/aromatic N) is 1. The molecule has 1 aliphatic heterocycles. The molecule has 1 unspecified atom stereocenters. The largest absolute Gasteiger partial charge is 0.478 e. The molecule has 1 heterocycles. The average Bonchev–Trinajstić information content (AvgIpc) is 2.72. The molecule has 0 aromatic heterocycles. The summed E-state index contributed by atoms with van der Waals surface area (Å²) < 4.78 is 0. The van der Waals surface area contributed by atoms with Gasteiger partial charge in [-0.05, 0) is 44.6 Å². The van der Waals surface area contributed by atoms with E-state index in [-0.39, 0.29) is 10.6 Å². The summed E-state index contributed by atoms with van der Waals surface area (Å²) in [4.78, 5) is 13.2. The molecular formula is C13H17ClN2O2. The fourth-order valence-corrected chi connectivity index (χ4v) is 2.53. The van der Waals surface area contributed by atoms with Gasteiger partial charge in [0.15, 0.2) is 0 Å². The Balaban J connectivity index is 1.98. The lowest BCUT2D eigenvalue weighted by Gasteiger charge is -2.20. The second-order valence-electron chi connectivity index (χ2n) is 4.66. The van der Waals surface area contributed by atoms with Crippen molar-refractivity contribution in [3.05, 3.63) is 28.8 Å². The van der Waals surface area contributed by atoms with E-state index in [1.165, 1.54) is 18.9 Å². The van der Waals surface area contributed by atoms with Crippen LogP contribution < -0.4 is 5.32 Å². The number of carboxylic acid groups (broad SMARTS) is 1. The standard InChI is InChI=1S/C13H17ClN2O2/c1-16-6-2-3-10(16)8-15-9-4-5-11(13(17)18)12(14)7-9/h4-5,7,10,15H,2-3,6,8H2,1H3,(H,17,18). The number of nitrogens with one attached hydrogen (secondary N) is 1. The molecule has 4 nitrogen and oxygen atoms in total. The molecule has 0 saturated carbocycles. The highest BCUT2D eigenvalue weighted by atomic mass is 35.5. The van der Waals surface area contributed by atoms with Gasteiger partial charge in [0, 0.05) is 18.3 Å². The van der Waals surface area contributed by atoms with Gasteiger partial charge in [0.2, 0.25) is 0 Å². The fourth-order valence-electron chi connectivity index (χ4n) is 2.27. The third-order valence-electron chi connectivity index (χ3n) is 3.41. The van der Waals surface area contributed by atoms with E-state index < -0.39 is 5.97 Å². The van der Waals surface area contributed by atoms with Gasteiger partial charge in [-0.15, -0.1) is 0 Å². The van der Waals surface area contributed by atoms with Gasteiger partial charge >= 0.3 is 5.97 Å². The minimum atomic E-state index is -0.998. The van der Waals surface area contributed by atoms with E-state index in [0.29, 0.717) is 6.04 Å². The van der Waals surface area contributed by atoms with E-state index in [4.69, 9.17) is 16.7 Å². The Kier molecular flexibility index (Phi) is 4.09. The van der Waals surface area contributed by atoms with Crippen molar-refractivity contribution in [3.63, 3.8) is 0 Å². The SMILES string of the molecule is CN1CCCC1CNc1ccc(C(=O)O)c(Cl)c1. The number of hydrogen-bond donors (Lipinski definition) is 2. The van der Waals surface area contributed by atoms with Crippen LogP contribution >= 0.6 is 11.6 Å². The number of likely N-dealkylation sites (N-methyl/N-ethyl adjacent to an activating group) is 1. The van der Waals surface area contributed by atoms with Gasteiger partial charge in [-0.2, -0.15) is 0 Å².